The molecule has 3 atom stereocenters. The number of carbonyl (C=O) groups is 2. The fourth-order valence-electron chi connectivity index (χ4n) is 4.40. The van der Waals surface area contributed by atoms with Gasteiger partial charge in [0.15, 0.2) is 6.17 Å². The zero-order valence-corrected chi connectivity index (χ0v) is 15.0. The van der Waals surface area contributed by atoms with Gasteiger partial charge in [-0.15, -0.1) is 0 Å². The Kier molecular flexibility index (Phi) is 4.53. The van der Waals surface area contributed by atoms with Gasteiger partial charge in [-0.2, -0.15) is 5.10 Å². The summed E-state index contributed by atoms with van der Waals surface area (Å²) in [4.78, 5) is 29.6. The maximum Gasteiger partial charge on any atom is 0.268 e. The minimum atomic E-state index is -0.464. The third kappa shape index (κ3) is 2.91. The highest BCUT2D eigenvalue weighted by Gasteiger charge is 2.50. The Morgan fingerprint density at radius 2 is 1.96 bits per heavy atom. The average Bonchev–Trinajstić information content (AvgIpc) is 3.10. The van der Waals surface area contributed by atoms with E-state index in [4.69, 9.17) is 0 Å². The van der Waals surface area contributed by atoms with Crippen LogP contribution in [-0.4, -0.2) is 52.2 Å². The molecule has 138 valence electrons. The predicted molar refractivity (Wildman–Crippen MR) is 99.3 cm³/mol. The molecule has 1 saturated heterocycles. The van der Waals surface area contributed by atoms with Gasteiger partial charge in [-0.05, 0) is 25.0 Å². The van der Waals surface area contributed by atoms with Crippen molar-refractivity contribution in [2.24, 2.45) is 5.10 Å². The summed E-state index contributed by atoms with van der Waals surface area (Å²) in [5, 5.41) is 7.26. The number of para-hydroxylation sites is 1. The number of nitrogens with zero attached hydrogens (tertiary/aromatic N) is 3. The van der Waals surface area contributed by atoms with Crippen molar-refractivity contribution in [1.29, 1.82) is 0 Å². The zero-order valence-electron chi connectivity index (χ0n) is 15.0. The number of fused-ring (bicyclic) bond motifs is 3. The number of hydrogen-bond acceptors (Lipinski definition) is 5. The van der Waals surface area contributed by atoms with Crippen LogP contribution in [0.4, 0.5) is 5.69 Å². The molecule has 0 radical (unpaired) electrons. The Bertz CT molecular complexity index is 720. The molecule has 2 amide bonds. The second kappa shape index (κ2) is 6.97. The van der Waals surface area contributed by atoms with Crippen LogP contribution < -0.4 is 10.7 Å². The number of hydrogen-bond donors (Lipinski definition) is 2. The first-order valence-corrected chi connectivity index (χ1v) is 9.45. The van der Waals surface area contributed by atoms with Crippen molar-refractivity contribution in [2.45, 2.75) is 57.3 Å². The number of amidine groups is 1. The summed E-state index contributed by atoms with van der Waals surface area (Å²) >= 11 is 0. The lowest BCUT2D eigenvalue weighted by atomic mass is 9.85. The molecule has 1 aromatic rings. The van der Waals surface area contributed by atoms with Crippen molar-refractivity contribution < 1.29 is 9.59 Å². The molecule has 0 aromatic heterocycles. The summed E-state index contributed by atoms with van der Waals surface area (Å²) in [5.41, 5.74) is 3.74. The molecule has 1 saturated carbocycles. The lowest BCUT2D eigenvalue weighted by molar-refractivity contribution is -0.151. The number of nitrogens with one attached hydrogen (secondary N) is 2. The largest absolute Gasteiger partial charge is 0.325 e. The monoisotopic (exact) mass is 355 g/mol. The van der Waals surface area contributed by atoms with E-state index in [1.807, 2.05) is 30.3 Å². The predicted octanol–water partition coefficient (Wildman–Crippen LogP) is 1.73. The number of amides is 2. The smallest absolute Gasteiger partial charge is 0.268 e. The van der Waals surface area contributed by atoms with Crippen molar-refractivity contribution in [3.8, 4) is 0 Å². The van der Waals surface area contributed by atoms with Gasteiger partial charge in [0, 0.05) is 12.1 Å². The number of benzene rings is 1. The summed E-state index contributed by atoms with van der Waals surface area (Å²) in [6.07, 6.45) is 4.55. The minimum Gasteiger partial charge on any atom is -0.325 e. The van der Waals surface area contributed by atoms with Crippen LogP contribution in [0.5, 0.6) is 0 Å². The quantitative estimate of drug-likeness (QED) is 0.862. The lowest BCUT2D eigenvalue weighted by Gasteiger charge is -2.51. The van der Waals surface area contributed by atoms with Gasteiger partial charge in [0.05, 0.1) is 12.1 Å². The number of piperazine rings is 1. The molecule has 4 rings (SSSR count). The normalized spacial score (nSPS) is 27.3. The third-order valence-corrected chi connectivity index (χ3v) is 5.55. The van der Waals surface area contributed by atoms with E-state index in [2.05, 4.69) is 27.7 Å². The number of anilines is 1. The van der Waals surface area contributed by atoms with E-state index in [1.165, 1.54) is 0 Å². The first-order valence-electron chi connectivity index (χ1n) is 9.45. The van der Waals surface area contributed by atoms with Gasteiger partial charge in [0.2, 0.25) is 5.91 Å². The van der Waals surface area contributed by atoms with Gasteiger partial charge in [0.1, 0.15) is 12.4 Å². The van der Waals surface area contributed by atoms with Gasteiger partial charge >= 0.3 is 0 Å². The summed E-state index contributed by atoms with van der Waals surface area (Å²) < 4.78 is 0. The Labute approximate surface area is 153 Å². The van der Waals surface area contributed by atoms with Crippen molar-refractivity contribution in [3.63, 3.8) is 0 Å². The van der Waals surface area contributed by atoms with Gasteiger partial charge in [-0.25, -0.2) is 0 Å². The first kappa shape index (κ1) is 16.9. The van der Waals surface area contributed by atoms with E-state index in [-0.39, 0.29) is 30.4 Å². The van der Waals surface area contributed by atoms with Crippen LogP contribution >= 0.6 is 0 Å². The van der Waals surface area contributed by atoms with Crippen molar-refractivity contribution in [3.05, 3.63) is 30.3 Å². The fourth-order valence-corrected chi connectivity index (χ4v) is 4.40. The molecule has 3 aliphatic rings. The number of rotatable bonds is 4. The van der Waals surface area contributed by atoms with Gasteiger partial charge < -0.3 is 15.1 Å². The van der Waals surface area contributed by atoms with E-state index < -0.39 is 6.17 Å². The van der Waals surface area contributed by atoms with E-state index in [0.717, 1.165) is 43.6 Å². The lowest BCUT2D eigenvalue weighted by Crippen LogP contribution is -2.69. The van der Waals surface area contributed by atoms with E-state index in [9.17, 15) is 9.59 Å². The van der Waals surface area contributed by atoms with Crippen LogP contribution in [0.2, 0.25) is 0 Å². The summed E-state index contributed by atoms with van der Waals surface area (Å²) in [6, 6.07) is 9.67. The highest BCUT2D eigenvalue weighted by atomic mass is 16.2. The molecule has 1 aliphatic carbocycles. The molecule has 0 spiro atoms. The fraction of sp³-hybridized carbons (Fsp3) is 0.526. The van der Waals surface area contributed by atoms with Gasteiger partial charge in [-0.1, -0.05) is 38.0 Å². The topological polar surface area (TPSA) is 77.0 Å². The van der Waals surface area contributed by atoms with Gasteiger partial charge in [-0.3, -0.25) is 15.0 Å². The zero-order chi connectivity index (χ0) is 18.1. The Morgan fingerprint density at radius 1 is 1.23 bits per heavy atom. The van der Waals surface area contributed by atoms with Crippen molar-refractivity contribution in [1.82, 2.24) is 15.2 Å². The molecule has 2 fully saturated rings. The minimum absolute atomic E-state index is 0.0523. The van der Waals surface area contributed by atoms with E-state index in [1.54, 1.807) is 4.90 Å². The maximum atomic E-state index is 13.1. The molecule has 7 heteroatoms. The highest BCUT2D eigenvalue weighted by Crippen LogP contribution is 2.34. The Balaban J connectivity index is 1.52. The van der Waals surface area contributed by atoms with Crippen LogP contribution in [0.25, 0.3) is 0 Å². The molecule has 1 aromatic carbocycles. The molecular formula is C19H25N5O2. The van der Waals surface area contributed by atoms with Crippen molar-refractivity contribution in [2.75, 3.05) is 11.9 Å². The Morgan fingerprint density at radius 3 is 2.69 bits per heavy atom. The molecule has 2 N–H and O–H groups in total. The average molecular weight is 355 g/mol. The van der Waals surface area contributed by atoms with E-state index in [0.29, 0.717) is 0 Å². The Hall–Kier alpha value is -2.57. The molecule has 7 nitrogen and oxygen atoms in total. The van der Waals surface area contributed by atoms with Crippen molar-refractivity contribution >= 4 is 23.3 Å². The van der Waals surface area contributed by atoms with Crippen LogP contribution in [0.1, 0.15) is 39.0 Å². The van der Waals surface area contributed by atoms with E-state index >= 15 is 0 Å². The van der Waals surface area contributed by atoms with Crippen LogP contribution in [0.3, 0.4) is 0 Å². The summed E-state index contributed by atoms with van der Waals surface area (Å²) in [6.45, 7) is 2.15. The third-order valence-electron chi connectivity index (χ3n) is 5.55. The maximum absolute atomic E-state index is 13.1. The van der Waals surface area contributed by atoms with Crippen LogP contribution in [0.15, 0.2) is 35.4 Å². The standard InChI is InChI=1S/C19H25N5O2/c1-2-16-21-22-18-19(26)23(14-10-6-7-11-15(14)24(16)18)12-17(25)20-13-8-4-3-5-9-13/h3-5,8-9,14-15,18,22H,2,6-7,10-12H2,1H3,(H,20,25). The van der Waals surface area contributed by atoms with Gasteiger partial charge in [0.25, 0.3) is 5.91 Å². The SMILES string of the molecule is CCC1=NNC2C(=O)N(CC(=O)Nc3ccccc3)C3CCCCC3N12. The molecular weight excluding hydrogens is 330 g/mol. The molecule has 0 bridgehead atoms. The first-order chi connectivity index (χ1) is 12.7. The molecule has 3 unspecified atom stereocenters. The van der Waals surface area contributed by atoms with Crippen LogP contribution in [-0.2, 0) is 9.59 Å². The second-order valence-corrected chi connectivity index (χ2v) is 7.12. The highest BCUT2D eigenvalue weighted by molar-refractivity contribution is 5.98. The summed E-state index contributed by atoms with van der Waals surface area (Å²) in [5.74, 6) is 0.745. The molecule has 26 heavy (non-hydrogen) atoms. The van der Waals surface area contributed by atoms with Crippen LogP contribution in [0, 0.1) is 0 Å². The molecule has 2 aliphatic heterocycles. The number of hydrazone groups is 1. The molecule has 2 heterocycles. The number of carbonyl (C=O) groups excluding carboxylic acids is 2. The second-order valence-electron chi connectivity index (χ2n) is 7.12. The summed E-state index contributed by atoms with van der Waals surface area (Å²) in [7, 11) is 0.